The summed E-state index contributed by atoms with van der Waals surface area (Å²) in [5.74, 6) is -1.82. The lowest BCUT2D eigenvalue weighted by Gasteiger charge is -2.16. The standard InChI is InChI=1S/C16H21F2N3O2.ClH/c17-12-3-4-13(14(18)8-12)16(23)20-6-1-2-15(22)21-7-5-11(9-19)10-21;/h3-4,8,11H,1-2,5-7,9-10,19H2,(H,20,23);1H. The summed E-state index contributed by atoms with van der Waals surface area (Å²) in [4.78, 5) is 25.6. The Morgan fingerprint density at radius 2 is 2.08 bits per heavy atom. The van der Waals surface area contributed by atoms with Crippen molar-refractivity contribution in [2.45, 2.75) is 19.3 Å². The number of likely N-dealkylation sites (tertiary alicyclic amines) is 1. The van der Waals surface area contributed by atoms with Crippen molar-refractivity contribution in [1.82, 2.24) is 10.2 Å². The smallest absolute Gasteiger partial charge is 0.254 e. The molecule has 8 heteroatoms. The fourth-order valence-electron chi connectivity index (χ4n) is 2.62. The molecular formula is C16H22ClF2N3O2. The highest BCUT2D eigenvalue weighted by atomic mass is 35.5. The van der Waals surface area contributed by atoms with Gasteiger partial charge in [-0.15, -0.1) is 12.4 Å². The zero-order chi connectivity index (χ0) is 16.8. The SMILES string of the molecule is Cl.NCC1CCN(C(=O)CCCNC(=O)c2ccc(F)cc2F)C1. The zero-order valence-electron chi connectivity index (χ0n) is 13.3. The largest absolute Gasteiger partial charge is 0.352 e. The van der Waals surface area contributed by atoms with Crippen molar-refractivity contribution in [3.8, 4) is 0 Å². The Hall–Kier alpha value is -1.73. The molecule has 0 radical (unpaired) electrons. The van der Waals surface area contributed by atoms with E-state index in [1.165, 1.54) is 0 Å². The van der Waals surface area contributed by atoms with Crippen LogP contribution in [0.5, 0.6) is 0 Å². The predicted molar refractivity (Wildman–Crippen MR) is 88.9 cm³/mol. The Bertz CT molecular complexity index is 586. The highest BCUT2D eigenvalue weighted by Crippen LogP contribution is 2.16. The first kappa shape index (κ1) is 20.3. The molecule has 1 atom stereocenters. The minimum Gasteiger partial charge on any atom is -0.352 e. The number of halogens is 3. The van der Waals surface area contributed by atoms with E-state index in [1.807, 2.05) is 0 Å². The van der Waals surface area contributed by atoms with Crippen molar-refractivity contribution in [2.24, 2.45) is 11.7 Å². The average Bonchev–Trinajstić information content (AvgIpc) is 3.00. The van der Waals surface area contributed by atoms with Crippen LogP contribution >= 0.6 is 12.4 Å². The molecule has 1 aliphatic rings. The van der Waals surface area contributed by atoms with E-state index in [1.54, 1.807) is 4.90 Å². The number of rotatable bonds is 6. The van der Waals surface area contributed by atoms with E-state index in [-0.39, 0.29) is 30.4 Å². The van der Waals surface area contributed by atoms with Crippen molar-refractivity contribution in [3.05, 3.63) is 35.4 Å². The molecule has 0 saturated carbocycles. The van der Waals surface area contributed by atoms with Gasteiger partial charge in [0, 0.05) is 32.1 Å². The van der Waals surface area contributed by atoms with E-state index in [9.17, 15) is 18.4 Å². The first-order valence-corrected chi connectivity index (χ1v) is 7.72. The van der Waals surface area contributed by atoms with Gasteiger partial charge in [0.05, 0.1) is 5.56 Å². The van der Waals surface area contributed by atoms with Gasteiger partial charge in [-0.2, -0.15) is 0 Å². The molecule has 134 valence electrons. The molecule has 2 amide bonds. The molecule has 0 bridgehead atoms. The molecule has 3 N–H and O–H groups in total. The van der Waals surface area contributed by atoms with Gasteiger partial charge in [-0.05, 0) is 37.4 Å². The highest BCUT2D eigenvalue weighted by molar-refractivity contribution is 5.94. The van der Waals surface area contributed by atoms with E-state index in [0.717, 1.165) is 25.1 Å². The number of hydrogen-bond acceptors (Lipinski definition) is 3. The van der Waals surface area contributed by atoms with Gasteiger partial charge >= 0.3 is 0 Å². The monoisotopic (exact) mass is 361 g/mol. The van der Waals surface area contributed by atoms with Crippen LogP contribution in [0.25, 0.3) is 0 Å². The number of benzene rings is 1. The summed E-state index contributed by atoms with van der Waals surface area (Å²) in [6, 6.07) is 2.80. The first-order chi connectivity index (χ1) is 11.0. The summed E-state index contributed by atoms with van der Waals surface area (Å²) in [7, 11) is 0. The van der Waals surface area contributed by atoms with E-state index in [4.69, 9.17) is 5.73 Å². The molecule has 5 nitrogen and oxygen atoms in total. The molecule has 0 spiro atoms. The number of amides is 2. The number of nitrogens with one attached hydrogen (secondary N) is 1. The summed E-state index contributed by atoms with van der Waals surface area (Å²) >= 11 is 0. The van der Waals surface area contributed by atoms with Crippen LogP contribution in [0.1, 0.15) is 29.6 Å². The van der Waals surface area contributed by atoms with Gasteiger partial charge in [0.25, 0.3) is 5.91 Å². The molecule has 1 fully saturated rings. The van der Waals surface area contributed by atoms with E-state index < -0.39 is 17.5 Å². The van der Waals surface area contributed by atoms with Gasteiger partial charge in [0.2, 0.25) is 5.91 Å². The Balaban J connectivity index is 0.00000288. The normalized spacial score (nSPS) is 16.6. The van der Waals surface area contributed by atoms with Gasteiger partial charge in [-0.3, -0.25) is 9.59 Å². The molecule has 1 aliphatic heterocycles. The molecule has 0 aliphatic carbocycles. The number of carbonyl (C=O) groups is 2. The van der Waals surface area contributed by atoms with Crippen LogP contribution in [0, 0.1) is 17.6 Å². The summed E-state index contributed by atoms with van der Waals surface area (Å²) < 4.78 is 26.2. The molecule has 1 unspecified atom stereocenters. The quantitative estimate of drug-likeness (QED) is 0.757. The summed E-state index contributed by atoms with van der Waals surface area (Å²) in [6.45, 7) is 2.27. The first-order valence-electron chi connectivity index (χ1n) is 7.72. The van der Waals surface area contributed by atoms with Crippen LogP contribution < -0.4 is 11.1 Å². The maximum absolute atomic E-state index is 13.4. The Morgan fingerprint density at radius 1 is 1.33 bits per heavy atom. The van der Waals surface area contributed by atoms with Crippen LogP contribution in [0.4, 0.5) is 8.78 Å². The van der Waals surface area contributed by atoms with Crippen LogP contribution in [-0.2, 0) is 4.79 Å². The second kappa shape index (κ2) is 9.54. The maximum Gasteiger partial charge on any atom is 0.254 e. The second-order valence-electron chi connectivity index (χ2n) is 5.71. The highest BCUT2D eigenvalue weighted by Gasteiger charge is 2.24. The molecular weight excluding hydrogens is 340 g/mol. The lowest BCUT2D eigenvalue weighted by molar-refractivity contribution is -0.130. The van der Waals surface area contributed by atoms with E-state index >= 15 is 0 Å². The predicted octanol–water partition coefficient (Wildman–Crippen LogP) is 1.70. The van der Waals surface area contributed by atoms with Crippen molar-refractivity contribution in [3.63, 3.8) is 0 Å². The van der Waals surface area contributed by atoms with Gasteiger partial charge < -0.3 is 16.0 Å². The van der Waals surface area contributed by atoms with Crippen molar-refractivity contribution in [2.75, 3.05) is 26.2 Å². The third-order valence-corrected chi connectivity index (χ3v) is 4.00. The number of hydrogen-bond donors (Lipinski definition) is 2. The van der Waals surface area contributed by atoms with Crippen molar-refractivity contribution < 1.29 is 18.4 Å². The van der Waals surface area contributed by atoms with E-state index in [0.29, 0.717) is 37.9 Å². The van der Waals surface area contributed by atoms with Gasteiger partial charge in [-0.1, -0.05) is 0 Å². The Kier molecular flexibility index (Phi) is 8.07. The lowest BCUT2D eigenvalue weighted by atomic mass is 10.1. The minimum absolute atomic E-state index is 0. The lowest BCUT2D eigenvalue weighted by Crippen LogP contribution is -2.31. The number of nitrogens with zero attached hydrogens (tertiary/aromatic N) is 1. The minimum atomic E-state index is -0.900. The maximum atomic E-state index is 13.4. The molecule has 1 heterocycles. The van der Waals surface area contributed by atoms with Crippen LogP contribution in [0.2, 0.25) is 0 Å². The molecule has 2 rings (SSSR count). The second-order valence-corrected chi connectivity index (χ2v) is 5.71. The fraction of sp³-hybridized carbons (Fsp3) is 0.500. The third-order valence-electron chi connectivity index (χ3n) is 4.00. The topological polar surface area (TPSA) is 75.4 Å². The fourth-order valence-corrected chi connectivity index (χ4v) is 2.62. The molecule has 1 aromatic carbocycles. The number of carbonyl (C=O) groups excluding carboxylic acids is 2. The summed E-state index contributed by atoms with van der Waals surface area (Å²) in [5.41, 5.74) is 5.38. The van der Waals surface area contributed by atoms with Gasteiger partial charge in [0.15, 0.2) is 0 Å². The molecule has 0 aromatic heterocycles. The van der Waals surface area contributed by atoms with E-state index in [2.05, 4.69) is 5.32 Å². The van der Waals surface area contributed by atoms with Crippen molar-refractivity contribution >= 4 is 24.2 Å². The molecule has 1 saturated heterocycles. The molecule has 1 aromatic rings. The van der Waals surface area contributed by atoms with Gasteiger partial charge in [0.1, 0.15) is 11.6 Å². The Morgan fingerprint density at radius 3 is 2.71 bits per heavy atom. The van der Waals surface area contributed by atoms with Crippen LogP contribution in [0.15, 0.2) is 18.2 Å². The van der Waals surface area contributed by atoms with Gasteiger partial charge in [-0.25, -0.2) is 8.78 Å². The third kappa shape index (κ3) is 5.42. The zero-order valence-corrected chi connectivity index (χ0v) is 14.1. The Labute approximate surface area is 146 Å². The average molecular weight is 362 g/mol. The summed E-state index contributed by atoms with van der Waals surface area (Å²) in [6.07, 6.45) is 1.73. The number of nitrogens with two attached hydrogens (primary N) is 1. The summed E-state index contributed by atoms with van der Waals surface area (Å²) in [5, 5.41) is 2.53. The van der Waals surface area contributed by atoms with Crippen LogP contribution in [-0.4, -0.2) is 42.9 Å². The van der Waals surface area contributed by atoms with Crippen molar-refractivity contribution in [1.29, 1.82) is 0 Å². The molecule has 24 heavy (non-hydrogen) atoms. The van der Waals surface area contributed by atoms with Crippen LogP contribution in [0.3, 0.4) is 0 Å².